The van der Waals surface area contributed by atoms with E-state index in [4.69, 9.17) is 37.2 Å². The van der Waals surface area contributed by atoms with Crippen molar-refractivity contribution < 1.29 is 18.2 Å². The van der Waals surface area contributed by atoms with Crippen LogP contribution in [0.4, 0.5) is 0 Å². The SMILES string of the molecule is O=S(O)c1ccc(OCCl)c(OCCl)c1.[NaH]. The van der Waals surface area contributed by atoms with Crippen molar-refractivity contribution in [1.29, 1.82) is 0 Å². The molecule has 16 heavy (non-hydrogen) atoms. The van der Waals surface area contributed by atoms with Gasteiger partial charge >= 0.3 is 29.6 Å². The standard InChI is InChI=1S/C8H8Cl2O4S.Na.H/c9-4-13-7-2-1-6(15(11)12)3-8(7)14-5-10;;/h1-3H,4-5H2,(H,11,12);;. The van der Waals surface area contributed by atoms with Crippen LogP contribution in [0.1, 0.15) is 0 Å². The average Bonchev–Trinajstić information content (AvgIpc) is 2.21. The first-order valence-electron chi connectivity index (χ1n) is 3.81. The molecule has 8 heteroatoms. The molecule has 0 aromatic heterocycles. The van der Waals surface area contributed by atoms with Crippen LogP contribution in [0.3, 0.4) is 0 Å². The first-order valence-corrected chi connectivity index (χ1v) is 5.99. The maximum atomic E-state index is 10.8. The van der Waals surface area contributed by atoms with E-state index in [0.717, 1.165) is 0 Å². The normalized spacial score (nSPS) is 11.4. The molecule has 0 amide bonds. The Balaban J connectivity index is 0.00000225. The molecule has 0 radical (unpaired) electrons. The molecule has 0 bridgehead atoms. The van der Waals surface area contributed by atoms with Crippen LogP contribution in [-0.4, -0.2) is 50.5 Å². The number of hydrogen-bond acceptors (Lipinski definition) is 3. The molecule has 1 atom stereocenters. The Morgan fingerprint density at radius 1 is 1.19 bits per heavy atom. The number of ether oxygens (including phenoxy) is 2. The van der Waals surface area contributed by atoms with Gasteiger partial charge in [-0.2, -0.15) is 0 Å². The molecule has 0 aliphatic heterocycles. The molecule has 86 valence electrons. The van der Waals surface area contributed by atoms with Crippen molar-refractivity contribution in [2.24, 2.45) is 0 Å². The van der Waals surface area contributed by atoms with Crippen molar-refractivity contribution in [2.75, 3.05) is 12.1 Å². The van der Waals surface area contributed by atoms with Gasteiger partial charge in [-0.3, -0.25) is 0 Å². The summed E-state index contributed by atoms with van der Waals surface area (Å²) < 4.78 is 29.7. The molecule has 1 unspecified atom stereocenters. The van der Waals surface area contributed by atoms with Gasteiger partial charge in [-0.05, 0) is 12.1 Å². The summed E-state index contributed by atoms with van der Waals surface area (Å²) in [7, 11) is 0. The van der Waals surface area contributed by atoms with Gasteiger partial charge in [-0.25, -0.2) is 4.21 Å². The van der Waals surface area contributed by atoms with Crippen LogP contribution in [0.5, 0.6) is 11.5 Å². The number of rotatable bonds is 5. The molecule has 4 nitrogen and oxygen atoms in total. The summed E-state index contributed by atoms with van der Waals surface area (Å²) in [5.74, 6) is 0.658. The summed E-state index contributed by atoms with van der Waals surface area (Å²) in [6.45, 7) is 0. The molecule has 0 fully saturated rings. The zero-order valence-electron chi connectivity index (χ0n) is 7.48. The zero-order chi connectivity index (χ0) is 11.3. The van der Waals surface area contributed by atoms with Crippen LogP contribution in [0.15, 0.2) is 23.1 Å². The van der Waals surface area contributed by atoms with E-state index in [1.165, 1.54) is 18.2 Å². The fraction of sp³-hybridized carbons (Fsp3) is 0.250. The Kier molecular flexibility index (Phi) is 8.85. The van der Waals surface area contributed by atoms with E-state index in [1.807, 2.05) is 0 Å². The monoisotopic (exact) mass is 294 g/mol. The van der Waals surface area contributed by atoms with Crippen LogP contribution < -0.4 is 9.47 Å². The van der Waals surface area contributed by atoms with Crippen LogP contribution in [0.25, 0.3) is 0 Å². The second-order valence-electron chi connectivity index (χ2n) is 2.36. The second kappa shape index (κ2) is 8.58. The summed E-state index contributed by atoms with van der Waals surface area (Å²) in [6.07, 6.45) is 0. The van der Waals surface area contributed by atoms with Gasteiger partial charge in [0.15, 0.2) is 34.7 Å². The van der Waals surface area contributed by atoms with Gasteiger partial charge < -0.3 is 14.0 Å². The van der Waals surface area contributed by atoms with Crippen LogP contribution >= 0.6 is 23.2 Å². The maximum absolute atomic E-state index is 10.8. The van der Waals surface area contributed by atoms with Crippen LogP contribution in [0.2, 0.25) is 0 Å². The van der Waals surface area contributed by atoms with E-state index in [-0.39, 0.29) is 52.3 Å². The van der Waals surface area contributed by atoms with Gasteiger partial charge in [0.1, 0.15) is 0 Å². The number of benzene rings is 1. The second-order valence-corrected chi connectivity index (χ2v) is 3.77. The molecule has 0 spiro atoms. The third kappa shape index (κ3) is 4.79. The van der Waals surface area contributed by atoms with Crippen molar-refractivity contribution >= 4 is 63.8 Å². The number of alkyl halides is 2. The molecule has 0 heterocycles. The Morgan fingerprint density at radius 2 is 1.75 bits per heavy atom. The van der Waals surface area contributed by atoms with Crippen molar-refractivity contribution in [2.45, 2.75) is 4.90 Å². The molecule has 0 aliphatic rings. The van der Waals surface area contributed by atoms with Crippen molar-refractivity contribution in [3.8, 4) is 11.5 Å². The summed E-state index contributed by atoms with van der Waals surface area (Å²) in [5.41, 5.74) is 0. The van der Waals surface area contributed by atoms with E-state index >= 15 is 0 Å². The molecule has 1 rings (SSSR count). The Hall–Kier alpha value is 0.510. The van der Waals surface area contributed by atoms with E-state index in [1.54, 1.807) is 0 Å². The Labute approximate surface area is 128 Å². The Bertz CT molecular complexity index is 364. The predicted molar refractivity (Wildman–Crippen MR) is 65.3 cm³/mol. The van der Waals surface area contributed by atoms with Gasteiger partial charge in [-0.1, -0.05) is 23.2 Å². The van der Waals surface area contributed by atoms with Crippen LogP contribution in [-0.2, 0) is 11.1 Å². The first-order chi connectivity index (χ1) is 7.19. The fourth-order valence-electron chi connectivity index (χ4n) is 0.947. The summed E-state index contributed by atoms with van der Waals surface area (Å²) >= 11 is 8.71. The molecule has 1 aromatic rings. The molecular weight excluding hydrogens is 286 g/mol. The van der Waals surface area contributed by atoms with Gasteiger partial charge in [0.2, 0.25) is 0 Å². The topological polar surface area (TPSA) is 55.8 Å². The summed E-state index contributed by atoms with van der Waals surface area (Å²) in [6, 6.07) is 4.19. The quantitative estimate of drug-likeness (QED) is 0.511. The number of halogens is 2. The molecule has 0 saturated heterocycles. The van der Waals surface area contributed by atoms with Gasteiger partial charge in [0, 0.05) is 6.07 Å². The summed E-state index contributed by atoms with van der Waals surface area (Å²) in [4.78, 5) is 0.206. The van der Waals surface area contributed by atoms with E-state index in [9.17, 15) is 4.21 Å². The third-order valence-corrected chi connectivity index (χ3v) is 2.41. The van der Waals surface area contributed by atoms with Crippen molar-refractivity contribution in [1.82, 2.24) is 0 Å². The van der Waals surface area contributed by atoms with E-state index in [0.29, 0.717) is 5.75 Å². The fourth-order valence-corrected chi connectivity index (χ4v) is 1.57. The van der Waals surface area contributed by atoms with E-state index in [2.05, 4.69) is 0 Å². The van der Waals surface area contributed by atoms with Gasteiger partial charge in [-0.15, -0.1) is 0 Å². The molecule has 1 aromatic carbocycles. The van der Waals surface area contributed by atoms with E-state index < -0.39 is 11.1 Å². The minimum absolute atomic E-state index is 0. The zero-order valence-corrected chi connectivity index (χ0v) is 9.81. The van der Waals surface area contributed by atoms with Crippen molar-refractivity contribution in [3.63, 3.8) is 0 Å². The van der Waals surface area contributed by atoms with Gasteiger partial charge in [0.05, 0.1) is 4.90 Å². The molecule has 1 N–H and O–H groups in total. The Morgan fingerprint density at radius 3 is 2.25 bits per heavy atom. The molecule has 0 aliphatic carbocycles. The third-order valence-electron chi connectivity index (χ3n) is 1.54. The van der Waals surface area contributed by atoms with Crippen molar-refractivity contribution in [3.05, 3.63) is 18.2 Å². The van der Waals surface area contributed by atoms with Gasteiger partial charge in [0.25, 0.3) is 0 Å². The summed E-state index contributed by atoms with van der Waals surface area (Å²) in [5, 5.41) is 0. The predicted octanol–water partition coefficient (Wildman–Crippen LogP) is 1.77. The average molecular weight is 295 g/mol. The first kappa shape index (κ1) is 16.5. The molecule has 0 saturated carbocycles. The molecular formula is C8H9Cl2NaO4S. The number of hydrogen-bond donors (Lipinski definition) is 1. The van der Waals surface area contributed by atoms with Crippen LogP contribution in [0, 0.1) is 0 Å². The minimum atomic E-state index is -2.07.